The fraction of sp³-hybridized carbons (Fsp3) is 1.00. The lowest BCUT2D eigenvalue weighted by Gasteiger charge is -2.20. The number of phosphoric ester groups is 1. The summed E-state index contributed by atoms with van der Waals surface area (Å²) in [4.78, 5) is 17.2. The Kier molecular flexibility index (Phi) is 4.31. The number of ether oxygens (including phenoxy) is 2. The van der Waals surface area contributed by atoms with E-state index in [0.717, 1.165) is 0 Å². The number of methoxy groups -OCH3 is 1. The summed E-state index contributed by atoms with van der Waals surface area (Å²) in [7, 11) is 2.04. The highest BCUT2D eigenvalue weighted by Gasteiger charge is 2.44. The van der Waals surface area contributed by atoms with Crippen molar-refractivity contribution in [3.05, 3.63) is 0 Å². The van der Waals surface area contributed by atoms with Crippen molar-refractivity contribution < 1.29 is 33.5 Å². The predicted molar refractivity (Wildman–Crippen MR) is 49.2 cm³/mol. The molecule has 9 heteroatoms. The van der Waals surface area contributed by atoms with E-state index in [9.17, 15) is 9.67 Å². The van der Waals surface area contributed by atoms with Crippen LogP contribution in [0, 0.1) is 0 Å². The second-order valence-corrected chi connectivity index (χ2v) is 4.34. The summed E-state index contributed by atoms with van der Waals surface area (Å²) in [5.41, 5.74) is 0. The molecule has 0 spiro atoms. The van der Waals surface area contributed by atoms with Crippen LogP contribution in [0.5, 0.6) is 0 Å². The summed E-state index contributed by atoms with van der Waals surface area (Å²) in [5, 5.41) is 9.44. The minimum Gasteiger partial charge on any atom is -0.388 e. The minimum atomic E-state index is -4.69. The SMILES string of the molecule is [B][C@@H]1O[C@H](COC)C(OP(=O)(O)O)C1O. The van der Waals surface area contributed by atoms with Crippen molar-refractivity contribution in [3.8, 4) is 0 Å². The highest BCUT2D eigenvalue weighted by molar-refractivity contribution is 7.46. The van der Waals surface area contributed by atoms with Gasteiger partial charge in [-0.2, -0.15) is 0 Å². The zero-order valence-electron chi connectivity index (χ0n) is 8.02. The Morgan fingerprint density at radius 1 is 1.53 bits per heavy atom. The predicted octanol–water partition coefficient (Wildman–Crippen LogP) is -1.64. The van der Waals surface area contributed by atoms with Gasteiger partial charge in [-0.3, -0.25) is 4.52 Å². The zero-order chi connectivity index (χ0) is 11.6. The lowest BCUT2D eigenvalue weighted by Crippen LogP contribution is -2.36. The molecule has 0 bridgehead atoms. The van der Waals surface area contributed by atoms with Crippen LogP contribution in [-0.4, -0.2) is 60.8 Å². The number of phosphoric acid groups is 1. The molecule has 1 saturated heterocycles. The summed E-state index contributed by atoms with van der Waals surface area (Å²) in [6, 6.07) is -1.04. The van der Waals surface area contributed by atoms with Crippen molar-refractivity contribution in [2.75, 3.05) is 13.7 Å². The minimum absolute atomic E-state index is 0.0232. The highest BCUT2D eigenvalue weighted by Crippen LogP contribution is 2.41. The molecule has 0 aromatic heterocycles. The van der Waals surface area contributed by atoms with Gasteiger partial charge in [0.2, 0.25) is 0 Å². The second-order valence-electron chi connectivity index (χ2n) is 3.15. The lowest BCUT2D eigenvalue weighted by atomic mass is 9.93. The van der Waals surface area contributed by atoms with E-state index in [4.69, 9.17) is 27.1 Å². The molecule has 7 nitrogen and oxygen atoms in total. The van der Waals surface area contributed by atoms with Crippen molar-refractivity contribution in [3.63, 3.8) is 0 Å². The molecule has 2 unspecified atom stereocenters. The van der Waals surface area contributed by atoms with Crippen LogP contribution in [0.1, 0.15) is 0 Å². The average Bonchev–Trinajstić information content (AvgIpc) is 2.32. The van der Waals surface area contributed by atoms with Crippen LogP contribution in [0.25, 0.3) is 0 Å². The number of aliphatic hydroxyl groups is 1. The number of hydrogen-bond donors (Lipinski definition) is 3. The van der Waals surface area contributed by atoms with E-state index >= 15 is 0 Å². The molecule has 1 aliphatic heterocycles. The lowest BCUT2D eigenvalue weighted by molar-refractivity contribution is -0.0205. The average molecular weight is 238 g/mol. The Balaban J connectivity index is 2.68. The van der Waals surface area contributed by atoms with E-state index in [-0.39, 0.29) is 6.61 Å². The number of rotatable bonds is 4. The Hall–Kier alpha value is 0.0549. The van der Waals surface area contributed by atoms with Gasteiger partial charge in [-0.1, -0.05) is 0 Å². The fourth-order valence-corrected chi connectivity index (χ4v) is 1.93. The van der Waals surface area contributed by atoms with Crippen molar-refractivity contribution in [1.82, 2.24) is 0 Å². The van der Waals surface area contributed by atoms with Gasteiger partial charge in [0.05, 0.1) is 6.61 Å². The fourth-order valence-electron chi connectivity index (χ4n) is 1.35. The Morgan fingerprint density at radius 2 is 2.13 bits per heavy atom. The molecule has 2 radical (unpaired) electrons. The van der Waals surface area contributed by atoms with Gasteiger partial charge in [0.15, 0.2) is 0 Å². The standard InChI is InChI=1S/C6H12BO7P/c1-12-2-3-5(14-15(9,10)11)4(8)6(7)13-3/h3-6,8H,2H2,1H3,(H2,9,10,11)/t3-,4?,5?,6-/m1/s1. The van der Waals surface area contributed by atoms with Crippen molar-refractivity contribution >= 4 is 15.7 Å². The molecular weight excluding hydrogens is 226 g/mol. The topological polar surface area (TPSA) is 105 Å². The van der Waals surface area contributed by atoms with Crippen molar-refractivity contribution in [1.29, 1.82) is 0 Å². The molecule has 0 aromatic carbocycles. The summed E-state index contributed by atoms with van der Waals surface area (Å²) in [5.74, 6) is 0. The monoisotopic (exact) mass is 238 g/mol. The van der Waals surface area contributed by atoms with Gasteiger partial charge in [0, 0.05) is 13.1 Å². The Labute approximate surface area is 88.0 Å². The Bertz CT molecular complexity index is 256. The van der Waals surface area contributed by atoms with Crippen molar-refractivity contribution in [2.24, 2.45) is 0 Å². The first-order valence-corrected chi connectivity index (χ1v) is 5.70. The largest absolute Gasteiger partial charge is 0.470 e. The molecule has 86 valence electrons. The molecule has 15 heavy (non-hydrogen) atoms. The van der Waals surface area contributed by atoms with E-state index in [1.54, 1.807) is 0 Å². The third kappa shape index (κ3) is 3.53. The third-order valence-electron chi connectivity index (χ3n) is 1.96. The summed E-state index contributed by atoms with van der Waals surface area (Å²) >= 11 is 0. The third-order valence-corrected chi connectivity index (χ3v) is 2.48. The van der Waals surface area contributed by atoms with E-state index in [1.165, 1.54) is 7.11 Å². The van der Waals surface area contributed by atoms with Crippen LogP contribution in [0.3, 0.4) is 0 Å². The smallest absolute Gasteiger partial charge is 0.388 e. The molecule has 1 aliphatic rings. The molecule has 0 amide bonds. The summed E-state index contributed by atoms with van der Waals surface area (Å²) < 4.78 is 24.7. The quantitative estimate of drug-likeness (QED) is 0.398. The molecule has 1 fully saturated rings. The molecule has 3 N–H and O–H groups in total. The van der Waals surface area contributed by atoms with Gasteiger partial charge in [-0.25, -0.2) is 4.57 Å². The molecule has 0 aliphatic carbocycles. The number of hydrogen-bond acceptors (Lipinski definition) is 5. The number of aliphatic hydroxyl groups excluding tert-OH is 1. The van der Waals surface area contributed by atoms with Crippen molar-refractivity contribution in [2.45, 2.75) is 24.3 Å². The molecule has 0 aromatic rings. The maximum Gasteiger partial charge on any atom is 0.470 e. The highest BCUT2D eigenvalue weighted by atomic mass is 31.2. The van der Waals surface area contributed by atoms with E-state index < -0.39 is 32.1 Å². The molecule has 0 saturated carbocycles. The summed E-state index contributed by atoms with van der Waals surface area (Å²) in [6.45, 7) is 0.0232. The van der Waals surface area contributed by atoms with Crippen LogP contribution in [0.4, 0.5) is 0 Å². The first kappa shape index (κ1) is 13.1. The zero-order valence-corrected chi connectivity index (χ0v) is 8.91. The van der Waals surface area contributed by atoms with Gasteiger partial charge >= 0.3 is 7.82 Å². The molecule has 1 heterocycles. The summed E-state index contributed by atoms with van der Waals surface area (Å²) in [6.07, 6.45) is -3.29. The van der Waals surface area contributed by atoms with Crippen LogP contribution in [0.15, 0.2) is 0 Å². The van der Waals surface area contributed by atoms with Gasteiger partial charge in [0.1, 0.15) is 26.2 Å². The molecule has 1 rings (SSSR count). The molecule has 4 atom stereocenters. The maximum atomic E-state index is 10.6. The van der Waals surface area contributed by atoms with E-state index in [0.29, 0.717) is 0 Å². The van der Waals surface area contributed by atoms with Crippen LogP contribution in [0.2, 0.25) is 0 Å². The van der Waals surface area contributed by atoms with E-state index in [2.05, 4.69) is 4.52 Å². The normalized spacial score (nSPS) is 37.1. The first-order chi connectivity index (χ1) is 6.85. The van der Waals surface area contributed by atoms with Gasteiger partial charge in [0.25, 0.3) is 0 Å². The van der Waals surface area contributed by atoms with Crippen LogP contribution < -0.4 is 0 Å². The first-order valence-electron chi connectivity index (χ1n) is 4.17. The maximum absolute atomic E-state index is 10.6. The molecular formula is C6H12BO7P. The van der Waals surface area contributed by atoms with Gasteiger partial charge in [-0.05, 0) is 0 Å². The second kappa shape index (κ2) is 4.92. The van der Waals surface area contributed by atoms with Gasteiger partial charge < -0.3 is 24.4 Å². The van der Waals surface area contributed by atoms with Gasteiger partial charge in [-0.15, -0.1) is 0 Å². The van der Waals surface area contributed by atoms with Crippen LogP contribution >= 0.6 is 7.82 Å². The van der Waals surface area contributed by atoms with E-state index in [1.807, 2.05) is 0 Å². The Morgan fingerprint density at radius 3 is 2.60 bits per heavy atom. The van der Waals surface area contributed by atoms with Crippen LogP contribution in [-0.2, 0) is 18.6 Å².